The van der Waals surface area contributed by atoms with E-state index in [9.17, 15) is 13.5 Å². The van der Waals surface area contributed by atoms with E-state index in [1.165, 1.54) is 25.0 Å². The molecule has 2 heterocycles. The van der Waals surface area contributed by atoms with Crippen molar-refractivity contribution in [1.29, 1.82) is 0 Å². The van der Waals surface area contributed by atoms with Gasteiger partial charge in [-0.3, -0.25) is 4.98 Å². The molecule has 1 atom stereocenters. The van der Waals surface area contributed by atoms with Gasteiger partial charge in [0, 0.05) is 12.7 Å². The Bertz CT molecular complexity index is 986. The van der Waals surface area contributed by atoms with Gasteiger partial charge in [0.25, 0.3) is 0 Å². The summed E-state index contributed by atoms with van der Waals surface area (Å²) in [6.45, 7) is 3.44. The molecule has 8 heteroatoms. The van der Waals surface area contributed by atoms with Gasteiger partial charge in [-0.15, -0.1) is 0 Å². The number of hydrogen-bond donors (Lipinski definition) is 2. The molecule has 1 aromatic carbocycles. The van der Waals surface area contributed by atoms with Crippen molar-refractivity contribution in [2.24, 2.45) is 17.0 Å². The van der Waals surface area contributed by atoms with Gasteiger partial charge in [0.15, 0.2) is 0 Å². The molecule has 1 aliphatic heterocycles. The fraction of sp³-hybridized carbons (Fsp3) is 0.560. The van der Waals surface area contributed by atoms with Gasteiger partial charge in [-0.2, -0.15) is 0 Å². The number of aromatic nitrogens is 1. The van der Waals surface area contributed by atoms with Crippen molar-refractivity contribution in [3.63, 3.8) is 0 Å². The van der Waals surface area contributed by atoms with Gasteiger partial charge in [0.05, 0.1) is 17.2 Å². The third-order valence-corrected chi connectivity index (χ3v) is 8.23. The molecule has 7 nitrogen and oxygen atoms in total. The summed E-state index contributed by atoms with van der Waals surface area (Å²) in [5.41, 5.74) is 0.0214. The number of aliphatic hydroxyl groups is 1. The van der Waals surface area contributed by atoms with Crippen molar-refractivity contribution in [3.05, 3.63) is 54.4 Å². The monoisotopic (exact) mass is 473 g/mol. The molecule has 0 unspecified atom stereocenters. The highest BCUT2D eigenvalue weighted by atomic mass is 32.2. The van der Waals surface area contributed by atoms with Gasteiger partial charge < -0.3 is 14.7 Å². The largest absolute Gasteiger partial charge is 0.494 e. The van der Waals surface area contributed by atoms with Crippen LogP contribution in [0.2, 0.25) is 0 Å². The van der Waals surface area contributed by atoms with E-state index in [4.69, 9.17) is 9.88 Å². The van der Waals surface area contributed by atoms with E-state index in [-0.39, 0.29) is 10.8 Å². The summed E-state index contributed by atoms with van der Waals surface area (Å²) in [4.78, 5) is 7.10. The standard InChI is InChI=1S/C25H35N3O4S/c26-33(30,31)23-11-9-22(10-12-23)32-19-5-16-28-17-13-21(14-18-28)25(29,20-6-1-2-7-20)24-8-3-4-15-27-24/h3-4,8-12,15,20-21,29H,1-2,5-7,13-14,16-19H2,(H2,26,30,31)/t25-/m0/s1. The number of nitrogens with two attached hydrogens (primary N) is 1. The van der Waals surface area contributed by atoms with Gasteiger partial charge >= 0.3 is 0 Å². The molecule has 1 saturated carbocycles. The Labute approximate surface area is 197 Å². The summed E-state index contributed by atoms with van der Waals surface area (Å²) >= 11 is 0. The number of ether oxygens (including phenoxy) is 1. The summed E-state index contributed by atoms with van der Waals surface area (Å²) in [6.07, 6.45) is 9.19. The zero-order chi connectivity index (χ0) is 23.3. The minimum absolute atomic E-state index is 0.0842. The van der Waals surface area contributed by atoms with Crippen LogP contribution < -0.4 is 9.88 Å². The van der Waals surface area contributed by atoms with Crippen molar-refractivity contribution in [2.45, 2.75) is 55.4 Å². The Morgan fingerprint density at radius 2 is 1.70 bits per heavy atom. The number of primary sulfonamides is 1. The maximum atomic E-state index is 12.0. The Morgan fingerprint density at radius 3 is 2.30 bits per heavy atom. The number of pyridine rings is 1. The molecule has 2 fully saturated rings. The Kier molecular flexibility index (Phi) is 7.69. The number of hydrogen-bond acceptors (Lipinski definition) is 6. The number of piperidine rings is 1. The number of likely N-dealkylation sites (tertiary alicyclic amines) is 1. The van der Waals surface area contributed by atoms with Crippen LogP contribution in [0.15, 0.2) is 53.6 Å². The van der Waals surface area contributed by atoms with E-state index < -0.39 is 15.6 Å². The highest BCUT2D eigenvalue weighted by Crippen LogP contribution is 2.47. The van der Waals surface area contributed by atoms with Crippen LogP contribution >= 0.6 is 0 Å². The Balaban J connectivity index is 1.26. The van der Waals surface area contributed by atoms with Gasteiger partial charge in [0.2, 0.25) is 10.0 Å². The Morgan fingerprint density at radius 1 is 1.03 bits per heavy atom. The van der Waals surface area contributed by atoms with Crippen LogP contribution in [0.25, 0.3) is 0 Å². The van der Waals surface area contributed by atoms with Crippen molar-refractivity contribution < 1.29 is 18.3 Å². The van der Waals surface area contributed by atoms with Crippen LogP contribution in [0.5, 0.6) is 5.75 Å². The van der Waals surface area contributed by atoms with Crippen LogP contribution in [0.1, 0.15) is 50.6 Å². The van der Waals surface area contributed by atoms with Crippen molar-refractivity contribution in [3.8, 4) is 5.75 Å². The van der Waals surface area contributed by atoms with E-state index in [0.29, 0.717) is 18.3 Å². The normalized spacial score (nSPS) is 20.5. The molecule has 180 valence electrons. The van der Waals surface area contributed by atoms with Crippen LogP contribution in [-0.4, -0.2) is 49.6 Å². The molecule has 4 rings (SSSR count). The first kappa shape index (κ1) is 24.1. The third kappa shape index (κ3) is 5.74. The fourth-order valence-corrected chi connectivity index (χ4v) is 6.03. The van der Waals surface area contributed by atoms with Crippen molar-refractivity contribution in [2.75, 3.05) is 26.2 Å². The summed E-state index contributed by atoms with van der Waals surface area (Å²) in [5.74, 6) is 1.18. The summed E-state index contributed by atoms with van der Waals surface area (Å²) < 4.78 is 28.4. The average molecular weight is 474 g/mol. The molecule has 0 bridgehead atoms. The van der Waals surface area contributed by atoms with Crippen molar-refractivity contribution in [1.82, 2.24) is 9.88 Å². The van der Waals surface area contributed by atoms with Crippen LogP contribution in [0.4, 0.5) is 0 Å². The predicted molar refractivity (Wildman–Crippen MR) is 127 cm³/mol. The third-order valence-electron chi connectivity index (χ3n) is 7.30. The van der Waals surface area contributed by atoms with E-state index in [1.54, 1.807) is 18.3 Å². The zero-order valence-electron chi connectivity index (χ0n) is 19.1. The fourth-order valence-electron chi connectivity index (χ4n) is 5.52. The molecule has 0 spiro atoms. The highest BCUT2D eigenvalue weighted by molar-refractivity contribution is 7.89. The topological polar surface area (TPSA) is 106 Å². The average Bonchev–Trinajstić information content (AvgIpc) is 3.38. The number of nitrogens with zero attached hydrogens (tertiary/aromatic N) is 2. The van der Waals surface area contributed by atoms with E-state index >= 15 is 0 Å². The highest BCUT2D eigenvalue weighted by Gasteiger charge is 2.47. The maximum Gasteiger partial charge on any atom is 0.238 e. The van der Waals surface area contributed by atoms with Crippen LogP contribution in [0.3, 0.4) is 0 Å². The number of benzene rings is 1. The lowest BCUT2D eigenvalue weighted by molar-refractivity contribution is -0.0965. The van der Waals surface area contributed by atoms with E-state index in [2.05, 4.69) is 9.88 Å². The number of sulfonamides is 1. The minimum atomic E-state index is -3.68. The SMILES string of the molecule is NS(=O)(=O)c1ccc(OCCCN2CCC([C@](O)(c3ccccn3)C3CCCC3)CC2)cc1. The summed E-state index contributed by atoms with van der Waals surface area (Å²) in [6, 6.07) is 12.1. The first-order chi connectivity index (χ1) is 15.9. The lowest BCUT2D eigenvalue weighted by atomic mass is 9.70. The lowest BCUT2D eigenvalue weighted by Gasteiger charge is -2.44. The molecule has 0 amide bonds. The molecule has 3 N–H and O–H groups in total. The first-order valence-electron chi connectivity index (χ1n) is 12.0. The van der Waals surface area contributed by atoms with Gasteiger partial charge in [-0.25, -0.2) is 13.6 Å². The molecule has 0 radical (unpaired) electrons. The molecule has 2 aliphatic rings. The predicted octanol–water partition coefficient (Wildman–Crippen LogP) is 3.29. The molecule has 2 aromatic rings. The molecular formula is C25H35N3O4S. The second-order valence-electron chi connectivity index (χ2n) is 9.36. The minimum Gasteiger partial charge on any atom is -0.494 e. The quantitative estimate of drug-likeness (QED) is 0.542. The van der Waals surface area contributed by atoms with E-state index in [0.717, 1.165) is 57.4 Å². The van der Waals surface area contributed by atoms with Crippen molar-refractivity contribution >= 4 is 10.0 Å². The number of rotatable bonds is 9. The lowest BCUT2D eigenvalue weighted by Crippen LogP contribution is -2.47. The zero-order valence-corrected chi connectivity index (χ0v) is 19.9. The summed E-state index contributed by atoms with van der Waals surface area (Å²) in [7, 11) is -3.68. The Hall–Kier alpha value is -2.00. The summed E-state index contributed by atoms with van der Waals surface area (Å²) in [5, 5.41) is 17.1. The maximum absolute atomic E-state index is 12.0. The first-order valence-corrected chi connectivity index (χ1v) is 13.5. The van der Waals surface area contributed by atoms with Gasteiger partial charge in [0.1, 0.15) is 11.4 Å². The molecule has 1 aromatic heterocycles. The molecule has 33 heavy (non-hydrogen) atoms. The van der Waals surface area contributed by atoms with E-state index in [1.807, 2.05) is 18.2 Å². The van der Waals surface area contributed by atoms with Gasteiger partial charge in [-0.1, -0.05) is 18.9 Å². The van der Waals surface area contributed by atoms with Crippen LogP contribution in [-0.2, 0) is 15.6 Å². The second-order valence-corrected chi connectivity index (χ2v) is 10.9. The smallest absolute Gasteiger partial charge is 0.238 e. The second kappa shape index (κ2) is 10.5. The van der Waals surface area contributed by atoms with Crippen LogP contribution in [0, 0.1) is 11.8 Å². The molecule has 1 aliphatic carbocycles. The van der Waals surface area contributed by atoms with Gasteiger partial charge in [-0.05, 0) is 93.4 Å². The molecular weight excluding hydrogens is 438 g/mol. The molecule has 1 saturated heterocycles.